The van der Waals surface area contributed by atoms with Gasteiger partial charge in [0.25, 0.3) is 0 Å². The Hall–Kier alpha value is -2.83. The molecule has 6 aromatic rings. The van der Waals surface area contributed by atoms with Crippen LogP contribution in [-0.4, -0.2) is 16.1 Å². The van der Waals surface area contributed by atoms with E-state index in [1.165, 1.54) is 53.9 Å². The average molecular weight is 621 g/mol. The number of hydrogen-bond donors (Lipinski definition) is 0. The van der Waals surface area contributed by atoms with E-state index in [1.807, 2.05) is 0 Å². The van der Waals surface area contributed by atoms with Crippen LogP contribution >= 0.6 is 0 Å². The summed E-state index contributed by atoms with van der Waals surface area (Å²) in [5.41, 5.74) is 5.70. The van der Waals surface area contributed by atoms with Crippen LogP contribution in [0.15, 0.2) is 69.5 Å². The largest absolute Gasteiger partial charge is 0.466 e. The second-order valence-corrected chi connectivity index (χ2v) is 27.1. The third-order valence-electron chi connectivity index (χ3n) is 11.7. The maximum absolute atomic E-state index is 6.79. The summed E-state index contributed by atoms with van der Waals surface area (Å²) in [6, 6.07) is 23.3. The number of fused-ring (bicyclic) bond motifs is 7. The molecular formula is C40H52O2Si2. The molecule has 0 saturated heterocycles. The highest BCUT2D eigenvalue weighted by molar-refractivity contribution is 6.94. The minimum absolute atomic E-state index is 0.611. The normalized spacial score (nSPS) is 13.8. The van der Waals surface area contributed by atoms with Gasteiger partial charge in [0.15, 0.2) is 0 Å². The minimum Gasteiger partial charge on any atom is -0.466 e. The van der Waals surface area contributed by atoms with Crippen molar-refractivity contribution in [2.24, 2.45) is 0 Å². The molecule has 2 heterocycles. The fourth-order valence-corrected chi connectivity index (χ4v) is 22.9. The molecule has 44 heavy (non-hydrogen) atoms. The lowest BCUT2D eigenvalue weighted by molar-refractivity contribution is 0.634. The van der Waals surface area contributed by atoms with Crippen molar-refractivity contribution >= 4 is 81.2 Å². The van der Waals surface area contributed by atoms with E-state index in [4.69, 9.17) is 8.83 Å². The summed E-state index contributed by atoms with van der Waals surface area (Å²) >= 11 is 0. The Balaban J connectivity index is 1.56. The summed E-state index contributed by atoms with van der Waals surface area (Å²) in [6.07, 6.45) is 0. The smallest absolute Gasteiger partial charge is 0.140 e. The number of benzene rings is 4. The maximum Gasteiger partial charge on any atom is 0.140 e. The molecule has 0 spiro atoms. The Morgan fingerprint density at radius 3 is 0.977 bits per heavy atom. The summed E-state index contributed by atoms with van der Waals surface area (Å²) in [6.45, 7) is 28.9. The minimum atomic E-state index is -1.88. The number of rotatable bonds is 8. The van der Waals surface area contributed by atoms with Gasteiger partial charge < -0.3 is 8.83 Å². The molecule has 4 aromatic carbocycles. The number of hydrogen-bond acceptors (Lipinski definition) is 2. The zero-order valence-corrected chi connectivity index (χ0v) is 31.1. The standard InChI is InChI=1S/C40H52O2Si2/c1-23(2)43(24(3)4,25(5)6)39-21-31-17-35-29(19-37(31)41-39)13-15-34-33(35)16-14-30-20-38-32(18-36(30)34)22-40(42-38)44(26(7)8,27(9)10)28(11)12/h13-28H,1-12H3. The first-order valence-corrected chi connectivity index (χ1v) is 21.5. The van der Waals surface area contributed by atoms with Crippen molar-refractivity contribution in [1.82, 2.24) is 0 Å². The Kier molecular flexibility index (Phi) is 7.73. The molecule has 0 bridgehead atoms. The van der Waals surface area contributed by atoms with Gasteiger partial charge in [-0.05, 0) is 102 Å². The molecule has 0 radical (unpaired) electrons. The molecular weight excluding hydrogens is 569 g/mol. The van der Waals surface area contributed by atoms with E-state index >= 15 is 0 Å². The van der Waals surface area contributed by atoms with E-state index in [2.05, 4.69) is 144 Å². The Morgan fingerprint density at radius 1 is 0.364 bits per heavy atom. The second-order valence-electron chi connectivity index (χ2n) is 15.5. The highest BCUT2D eigenvalue weighted by atomic mass is 28.3. The van der Waals surface area contributed by atoms with Crippen LogP contribution in [-0.2, 0) is 0 Å². The van der Waals surface area contributed by atoms with E-state index in [0.717, 1.165) is 11.2 Å². The molecule has 2 aromatic heterocycles. The van der Waals surface area contributed by atoms with Crippen LogP contribution in [0, 0.1) is 0 Å². The summed E-state index contributed by atoms with van der Waals surface area (Å²) in [5.74, 6) is 0. The molecule has 0 aliphatic carbocycles. The summed E-state index contributed by atoms with van der Waals surface area (Å²) < 4.78 is 13.6. The van der Waals surface area contributed by atoms with Gasteiger partial charge in [-0.15, -0.1) is 0 Å². The van der Waals surface area contributed by atoms with Crippen LogP contribution in [0.25, 0.3) is 54.3 Å². The first-order chi connectivity index (χ1) is 20.7. The van der Waals surface area contributed by atoms with Crippen LogP contribution in [0.5, 0.6) is 0 Å². The van der Waals surface area contributed by atoms with Gasteiger partial charge in [-0.2, -0.15) is 0 Å². The van der Waals surface area contributed by atoms with Crippen molar-refractivity contribution in [2.45, 2.75) is 116 Å². The van der Waals surface area contributed by atoms with Crippen molar-refractivity contribution in [3.05, 3.63) is 60.7 Å². The van der Waals surface area contributed by atoms with Crippen molar-refractivity contribution in [1.29, 1.82) is 0 Å². The molecule has 232 valence electrons. The third-order valence-corrected chi connectivity index (χ3v) is 25.4. The molecule has 2 nitrogen and oxygen atoms in total. The molecule has 0 saturated carbocycles. The summed E-state index contributed by atoms with van der Waals surface area (Å²) in [5, 5.41) is 12.7. The van der Waals surface area contributed by atoms with Crippen LogP contribution in [0.4, 0.5) is 0 Å². The van der Waals surface area contributed by atoms with Gasteiger partial charge in [0.05, 0.1) is 10.8 Å². The Labute approximate surface area is 266 Å². The molecule has 4 heteroatoms. The van der Waals surface area contributed by atoms with E-state index in [1.54, 1.807) is 0 Å². The topological polar surface area (TPSA) is 26.3 Å². The zero-order valence-electron chi connectivity index (χ0n) is 29.1. The monoisotopic (exact) mass is 620 g/mol. The van der Waals surface area contributed by atoms with Gasteiger partial charge in [0.1, 0.15) is 27.3 Å². The fourth-order valence-electron chi connectivity index (χ4n) is 10.1. The molecule has 0 fully saturated rings. The first kappa shape index (κ1) is 31.2. The summed E-state index contributed by atoms with van der Waals surface area (Å²) in [4.78, 5) is 0. The van der Waals surface area contributed by atoms with Gasteiger partial charge in [-0.25, -0.2) is 0 Å². The highest BCUT2D eigenvalue weighted by Crippen LogP contribution is 2.44. The molecule has 0 unspecified atom stereocenters. The van der Waals surface area contributed by atoms with Crippen molar-refractivity contribution in [3.63, 3.8) is 0 Å². The van der Waals surface area contributed by atoms with Gasteiger partial charge in [-0.3, -0.25) is 0 Å². The van der Waals surface area contributed by atoms with Crippen molar-refractivity contribution in [2.75, 3.05) is 0 Å². The molecule has 0 atom stereocenters. The maximum atomic E-state index is 6.79. The molecule has 6 rings (SSSR count). The van der Waals surface area contributed by atoms with Crippen molar-refractivity contribution < 1.29 is 8.83 Å². The van der Waals surface area contributed by atoms with Crippen molar-refractivity contribution in [3.8, 4) is 0 Å². The SMILES string of the molecule is CC(C)[Si](c1cc2cc3c(ccc4c5cc6cc([Si](C(C)C)(C(C)C)C(C)C)oc6cc5ccc34)cc2o1)(C(C)C)C(C)C. The van der Waals surface area contributed by atoms with E-state index < -0.39 is 16.1 Å². The van der Waals surface area contributed by atoms with Gasteiger partial charge in [0, 0.05) is 10.8 Å². The second kappa shape index (κ2) is 10.9. The molecule has 0 aliphatic heterocycles. The highest BCUT2D eigenvalue weighted by Gasteiger charge is 2.48. The lowest BCUT2D eigenvalue weighted by Crippen LogP contribution is -2.55. The van der Waals surface area contributed by atoms with Crippen LogP contribution in [0.3, 0.4) is 0 Å². The van der Waals surface area contributed by atoms with Gasteiger partial charge >= 0.3 is 0 Å². The quantitative estimate of drug-likeness (QED) is 0.125. The first-order valence-electron chi connectivity index (χ1n) is 17.0. The number of furan rings is 2. The Morgan fingerprint density at radius 2 is 0.682 bits per heavy atom. The zero-order chi connectivity index (χ0) is 31.9. The lowest BCUT2D eigenvalue weighted by Gasteiger charge is -2.40. The van der Waals surface area contributed by atoms with E-state index in [-0.39, 0.29) is 0 Å². The summed E-state index contributed by atoms with van der Waals surface area (Å²) in [7, 11) is -3.77. The fraction of sp³-hybridized carbons (Fsp3) is 0.450. The van der Waals surface area contributed by atoms with Crippen LogP contribution < -0.4 is 10.8 Å². The van der Waals surface area contributed by atoms with Crippen LogP contribution in [0.1, 0.15) is 83.1 Å². The average Bonchev–Trinajstić information content (AvgIpc) is 3.53. The Bertz CT molecular complexity index is 1810. The van der Waals surface area contributed by atoms with Gasteiger partial charge in [0.2, 0.25) is 0 Å². The molecule has 0 aliphatic rings. The molecule has 0 amide bonds. The predicted octanol–water partition coefficient (Wildman–Crippen LogP) is 12.4. The lowest BCUT2D eigenvalue weighted by atomic mass is 9.96. The third kappa shape index (κ3) is 4.30. The van der Waals surface area contributed by atoms with E-state index in [9.17, 15) is 0 Å². The van der Waals surface area contributed by atoms with Gasteiger partial charge in [-0.1, -0.05) is 107 Å². The predicted molar refractivity (Wildman–Crippen MR) is 200 cm³/mol. The molecule has 0 N–H and O–H groups in total. The van der Waals surface area contributed by atoms with E-state index in [0.29, 0.717) is 33.2 Å². The van der Waals surface area contributed by atoms with Crippen LogP contribution in [0.2, 0.25) is 33.2 Å².